The predicted molar refractivity (Wildman–Crippen MR) is 181 cm³/mol. The van der Waals surface area contributed by atoms with E-state index >= 15 is 0 Å². The highest BCUT2D eigenvalue weighted by atomic mass is 16.6. The van der Waals surface area contributed by atoms with Crippen LogP contribution in [0, 0.1) is 118 Å². The van der Waals surface area contributed by atoms with Crippen molar-refractivity contribution in [3.05, 3.63) is 0 Å². The van der Waals surface area contributed by atoms with Crippen LogP contribution in [-0.4, -0.2) is 36.1 Å². The van der Waals surface area contributed by atoms with Crippen LogP contribution < -0.4 is 0 Å². The van der Waals surface area contributed by atoms with Gasteiger partial charge in [0.25, 0.3) is 0 Å². The Hall–Kier alpha value is -1.92. The largest absolute Gasteiger partial charge is 0.465 e. The number of rotatable bonds is 6. The van der Waals surface area contributed by atoms with E-state index in [0.29, 0.717) is 54.0 Å². The number of fused-ring (bicyclic) bond motifs is 12. The van der Waals surface area contributed by atoms with E-state index in [1.165, 1.54) is 44.9 Å². The van der Waals surface area contributed by atoms with Crippen molar-refractivity contribution in [1.82, 2.24) is 0 Å². The van der Waals surface area contributed by atoms with Crippen molar-refractivity contribution in [2.45, 2.75) is 116 Å². The summed E-state index contributed by atoms with van der Waals surface area (Å²) in [5, 5.41) is 0. The number of hydrogen-bond acceptors (Lipinski definition) is 7. The van der Waals surface area contributed by atoms with Crippen LogP contribution in [0.5, 0.6) is 0 Å². The number of esters is 4. The molecule has 7 heteroatoms. The van der Waals surface area contributed by atoms with Gasteiger partial charge in [-0.3, -0.25) is 19.2 Å². The van der Waals surface area contributed by atoms with Gasteiger partial charge in [0, 0.05) is 5.92 Å². The lowest BCUT2D eigenvalue weighted by Crippen LogP contribution is -2.52. The van der Waals surface area contributed by atoms with Crippen molar-refractivity contribution in [2.75, 3.05) is 6.61 Å². The normalized spacial score (nSPS) is 59.3. The number of carbonyl (C=O) groups is 4. The molecule has 7 nitrogen and oxygen atoms in total. The molecule has 0 amide bonds. The zero-order chi connectivity index (χ0) is 34.0. The Bertz CT molecular complexity index is 1520. The van der Waals surface area contributed by atoms with Gasteiger partial charge in [0.2, 0.25) is 0 Å². The van der Waals surface area contributed by atoms with Crippen LogP contribution in [0.3, 0.4) is 0 Å². The van der Waals surface area contributed by atoms with E-state index in [-0.39, 0.29) is 58.5 Å². The standard InChI is InChI=1S/C43H58O7/c1-4-43(18-24-15-30(43)27-7-5-6-26(24)27)50-39(45)29-14-23-13-28(29)36(33-20(3)38(44)49-40(33)46)34(23)37-31-16-25(17-42(31)10-11-48-41(42)47)35(37)32-19(2)21-8-9-22(32)12-21/h19-37H,4-18H2,1-3H3. The Labute approximate surface area is 297 Å². The smallest absolute Gasteiger partial charge is 0.317 e. The van der Waals surface area contributed by atoms with Gasteiger partial charge in [-0.1, -0.05) is 27.2 Å². The van der Waals surface area contributed by atoms with E-state index in [9.17, 15) is 19.2 Å². The first-order valence-corrected chi connectivity index (χ1v) is 21.3. The quantitative estimate of drug-likeness (QED) is 0.165. The Morgan fingerprint density at radius 2 is 1.52 bits per heavy atom. The van der Waals surface area contributed by atoms with Crippen LogP contribution in [0.25, 0.3) is 0 Å². The van der Waals surface area contributed by atoms with Crippen LogP contribution in [0.2, 0.25) is 0 Å². The zero-order valence-electron chi connectivity index (χ0n) is 30.4. The molecule has 8 bridgehead atoms. The Morgan fingerprint density at radius 3 is 2.24 bits per heavy atom. The fourth-order valence-electron chi connectivity index (χ4n) is 18.1. The predicted octanol–water partition coefficient (Wildman–Crippen LogP) is 7.25. The van der Waals surface area contributed by atoms with Gasteiger partial charge in [0.05, 0.1) is 29.8 Å². The molecular weight excluding hydrogens is 628 g/mol. The number of ether oxygens (including phenoxy) is 3. The summed E-state index contributed by atoms with van der Waals surface area (Å²) < 4.78 is 18.1. The molecule has 2 aliphatic heterocycles. The molecular formula is C43H58O7. The molecule has 0 aromatic rings. The van der Waals surface area contributed by atoms with E-state index in [1.807, 2.05) is 6.92 Å². The van der Waals surface area contributed by atoms with E-state index < -0.39 is 17.8 Å². The molecule has 0 aromatic heterocycles. The summed E-state index contributed by atoms with van der Waals surface area (Å²) in [7, 11) is 0. The summed E-state index contributed by atoms with van der Waals surface area (Å²) in [6.45, 7) is 7.17. The minimum Gasteiger partial charge on any atom is -0.465 e. The Morgan fingerprint density at radius 1 is 0.740 bits per heavy atom. The maximum absolute atomic E-state index is 14.7. The highest BCUT2D eigenvalue weighted by Crippen LogP contribution is 2.75. The van der Waals surface area contributed by atoms with Gasteiger partial charge in [-0.25, -0.2) is 0 Å². The fraction of sp³-hybridized carbons (Fsp3) is 0.907. The van der Waals surface area contributed by atoms with Crippen molar-refractivity contribution in [2.24, 2.45) is 118 Å². The molecule has 11 rings (SSSR count). The van der Waals surface area contributed by atoms with Crippen molar-refractivity contribution < 1.29 is 33.4 Å². The van der Waals surface area contributed by atoms with E-state index in [1.54, 1.807) is 0 Å². The van der Waals surface area contributed by atoms with Gasteiger partial charge in [-0.2, -0.15) is 0 Å². The molecule has 2 heterocycles. The SMILES string of the molecule is CCC1(OC(=O)C2CC3CC2C(C2C(=O)OC(=O)C2C)C3C2C(C3C4CCC(C4)C3C)C3CC2C2(CCOC2=O)C3)CC2CC1C1CCCC21. The minimum atomic E-state index is -0.510. The molecule has 21 atom stereocenters. The third-order valence-corrected chi connectivity index (χ3v) is 19.6. The number of carbonyl (C=O) groups excluding carboxylic acids is 4. The third kappa shape index (κ3) is 3.84. The monoisotopic (exact) mass is 686 g/mol. The summed E-state index contributed by atoms with van der Waals surface area (Å²) in [6.07, 6.45) is 15.8. The molecule has 21 unspecified atom stereocenters. The molecule has 1 spiro atoms. The van der Waals surface area contributed by atoms with Crippen LogP contribution in [0.15, 0.2) is 0 Å². The summed E-state index contributed by atoms with van der Waals surface area (Å²) >= 11 is 0. The van der Waals surface area contributed by atoms with Gasteiger partial charge in [0.1, 0.15) is 5.60 Å². The second-order valence-electron chi connectivity index (χ2n) is 20.4. The first-order valence-electron chi connectivity index (χ1n) is 21.3. The highest BCUT2D eigenvalue weighted by Gasteiger charge is 2.73. The summed E-state index contributed by atoms with van der Waals surface area (Å²) in [5.74, 6) is 5.94. The maximum Gasteiger partial charge on any atom is 0.317 e. The molecule has 9 aliphatic carbocycles. The minimum absolute atomic E-state index is 0.0164. The second kappa shape index (κ2) is 10.6. The van der Waals surface area contributed by atoms with E-state index in [0.717, 1.165) is 68.6 Å². The van der Waals surface area contributed by atoms with Crippen molar-refractivity contribution in [3.63, 3.8) is 0 Å². The second-order valence-corrected chi connectivity index (χ2v) is 20.4. The topological polar surface area (TPSA) is 96.0 Å². The average molecular weight is 687 g/mol. The lowest BCUT2D eigenvalue weighted by atomic mass is 9.51. The maximum atomic E-state index is 14.7. The van der Waals surface area contributed by atoms with E-state index in [2.05, 4.69) is 13.8 Å². The van der Waals surface area contributed by atoms with Crippen molar-refractivity contribution in [1.29, 1.82) is 0 Å². The Balaban J connectivity index is 0.955. The van der Waals surface area contributed by atoms with Crippen LogP contribution in [-0.2, 0) is 33.4 Å². The fourth-order valence-corrected chi connectivity index (χ4v) is 18.1. The van der Waals surface area contributed by atoms with Gasteiger partial charge in [0.15, 0.2) is 0 Å². The van der Waals surface area contributed by atoms with Crippen LogP contribution >= 0.6 is 0 Å². The average Bonchev–Trinajstić information content (AvgIpc) is 3.93. The molecule has 9 saturated carbocycles. The van der Waals surface area contributed by atoms with Crippen LogP contribution in [0.1, 0.15) is 111 Å². The molecule has 50 heavy (non-hydrogen) atoms. The summed E-state index contributed by atoms with van der Waals surface area (Å²) in [6, 6.07) is 0. The van der Waals surface area contributed by atoms with Gasteiger partial charge in [-0.05, 0) is 172 Å². The molecule has 11 fully saturated rings. The lowest BCUT2D eigenvalue weighted by molar-refractivity contribution is -0.180. The number of hydrogen-bond donors (Lipinski definition) is 0. The Kier molecular flexibility index (Phi) is 6.70. The van der Waals surface area contributed by atoms with Crippen LogP contribution in [0.4, 0.5) is 0 Å². The van der Waals surface area contributed by atoms with Gasteiger partial charge < -0.3 is 14.2 Å². The molecule has 272 valence electrons. The van der Waals surface area contributed by atoms with Gasteiger partial charge in [-0.15, -0.1) is 0 Å². The molecule has 2 saturated heterocycles. The molecule has 0 aromatic carbocycles. The number of cyclic esters (lactones) is 3. The van der Waals surface area contributed by atoms with Gasteiger partial charge >= 0.3 is 23.9 Å². The first-order chi connectivity index (χ1) is 24.1. The highest BCUT2D eigenvalue weighted by molar-refractivity contribution is 5.96. The molecule has 0 radical (unpaired) electrons. The van der Waals surface area contributed by atoms with Crippen molar-refractivity contribution in [3.8, 4) is 0 Å². The summed E-state index contributed by atoms with van der Waals surface area (Å²) in [4.78, 5) is 55.2. The third-order valence-electron chi connectivity index (χ3n) is 19.6. The molecule has 0 N–H and O–H groups in total. The van der Waals surface area contributed by atoms with E-state index in [4.69, 9.17) is 14.2 Å². The van der Waals surface area contributed by atoms with Crippen molar-refractivity contribution >= 4 is 23.9 Å². The summed E-state index contributed by atoms with van der Waals surface area (Å²) in [5.41, 5.74) is -0.717. The molecule has 11 aliphatic rings. The first kappa shape index (κ1) is 31.6. The zero-order valence-corrected chi connectivity index (χ0v) is 30.4. The lowest BCUT2D eigenvalue weighted by Gasteiger charge is -2.52.